The number of carbonyl (C=O) groups is 4. The number of ether oxygens (including phenoxy) is 1. The summed E-state index contributed by atoms with van der Waals surface area (Å²) in [5.41, 5.74) is 3.23. The van der Waals surface area contributed by atoms with Crippen molar-refractivity contribution in [1.29, 1.82) is 0 Å². The third kappa shape index (κ3) is 3.96. The standard InChI is InChI=1S/C23H24N2O5/c1-4-15-9-8-10-16(5-2)20(15)24-19(26)13-30-23(29)14(3)25-21(27)17-11-6-7-12-18(17)22(25)28/h6-12,14H,4-5,13H2,1-3H3,(H,24,26)/t14-/m0/s1. The van der Waals surface area contributed by atoms with Gasteiger partial charge < -0.3 is 10.1 Å². The van der Waals surface area contributed by atoms with Crippen LogP contribution in [0.5, 0.6) is 0 Å². The number of imide groups is 1. The summed E-state index contributed by atoms with van der Waals surface area (Å²) >= 11 is 0. The Bertz CT molecular complexity index is 957. The molecule has 0 aromatic heterocycles. The molecule has 156 valence electrons. The van der Waals surface area contributed by atoms with E-state index >= 15 is 0 Å². The third-order valence-corrected chi connectivity index (χ3v) is 5.16. The average Bonchev–Trinajstić information content (AvgIpc) is 3.02. The SMILES string of the molecule is CCc1cccc(CC)c1NC(=O)COC(=O)[C@H](C)N1C(=O)c2ccccc2C1=O. The minimum absolute atomic E-state index is 0.253. The number of nitrogens with one attached hydrogen (secondary N) is 1. The zero-order valence-electron chi connectivity index (χ0n) is 17.2. The molecule has 0 bridgehead atoms. The van der Waals surface area contributed by atoms with Gasteiger partial charge in [-0.1, -0.05) is 44.2 Å². The second-order valence-corrected chi connectivity index (χ2v) is 7.02. The Hall–Kier alpha value is -3.48. The van der Waals surface area contributed by atoms with Crippen LogP contribution in [-0.2, 0) is 27.2 Å². The quantitative estimate of drug-likeness (QED) is 0.562. The number of fused-ring (bicyclic) bond motifs is 1. The number of aryl methyl sites for hydroxylation is 2. The Kier molecular flexibility index (Phi) is 6.30. The second-order valence-electron chi connectivity index (χ2n) is 7.02. The van der Waals surface area contributed by atoms with Gasteiger partial charge >= 0.3 is 5.97 Å². The maximum Gasteiger partial charge on any atom is 0.329 e. The highest BCUT2D eigenvalue weighted by atomic mass is 16.5. The van der Waals surface area contributed by atoms with Gasteiger partial charge in [0.1, 0.15) is 6.04 Å². The summed E-state index contributed by atoms with van der Waals surface area (Å²) in [6, 6.07) is 11.1. The van der Waals surface area contributed by atoms with E-state index in [1.165, 1.54) is 19.1 Å². The summed E-state index contributed by atoms with van der Waals surface area (Å²) in [6.45, 7) is 4.89. The molecule has 3 rings (SSSR count). The molecule has 1 aliphatic heterocycles. The Morgan fingerprint density at radius 2 is 1.47 bits per heavy atom. The predicted octanol–water partition coefficient (Wildman–Crippen LogP) is 2.98. The van der Waals surface area contributed by atoms with Crippen molar-refractivity contribution in [2.45, 2.75) is 39.7 Å². The van der Waals surface area contributed by atoms with Crippen molar-refractivity contribution in [3.63, 3.8) is 0 Å². The van der Waals surface area contributed by atoms with Crippen LogP contribution in [0.1, 0.15) is 52.6 Å². The lowest BCUT2D eigenvalue weighted by atomic mass is 10.0. The lowest BCUT2D eigenvalue weighted by Gasteiger charge is -2.21. The first-order valence-corrected chi connectivity index (χ1v) is 9.93. The molecule has 7 heteroatoms. The van der Waals surface area contributed by atoms with E-state index in [0.29, 0.717) is 0 Å². The minimum atomic E-state index is -1.14. The van der Waals surface area contributed by atoms with Crippen LogP contribution in [0, 0.1) is 0 Å². The van der Waals surface area contributed by atoms with Crippen molar-refractivity contribution >= 4 is 29.4 Å². The van der Waals surface area contributed by atoms with Gasteiger partial charge in [0.15, 0.2) is 6.61 Å². The minimum Gasteiger partial charge on any atom is -0.454 e. The molecule has 0 spiro atoms. The van der Waals surface area contributed by atoms with Crippen molar-refractivity contribution in [2.75, 3.05) is 11.9 Å². The highest BCUT2D eigenvalue weighted by Gasteiger charge is 2.41. The first kappa shape index (κ1) is 21.2. The van der Waals surface area contributed by atoms with Gasteiger partial charge in [-0.3, -0.25) is 19.3 Å². The van der Waals surface area contributed by atoms with E-state index in [1.54, 1.807) is 12.1 Å². The molecule has 2 aromatic rings. The smallest absolute Gasteiger partial charge is 0.329 e. The summed E-state index contributed by atoms with van der Waals surface area (Å²) < 4.78 is 5.10. The molecule has 0 saturated carbocycles. The zero-order valence-corrected chi connectivity index (χ0v) is 17.2. The summed E-state index contributed by atoms with van der Waals surface area (Å²) in [4.78, 5) is 50.6. The topological polar surface area (TPSA) is 92.8 Å². The molecule has 1 heterocycles. The molecule has 3 amide bonds. The van der Waals surface area contributed by atoms with Crippen molar-refractivity contribution in [1.82, 2.24) is 4.90 Å². The average molecular weight is 408 g/mol. The number of para-hydroxylation sites is 1. The van der Waals surface area contributed by atoms with Gasteiger partial charge in [0, 0.05) is 5.69 Å². The van der Waals surface area contributed by atoms with Crippen LogP contribution in [0.4, 0.5) is 5.69 Å². The Balaban J connectivity index is 1.63. The third-order valence-electron chi connectivity index (χ3n) is 5.16. The molecule has 0 fully saturated rings. The fourth-order valence-corrected chi connectivity index (χ4v) is 3.50. The molecule has 0 unspecified atom stereocenters. The van der Waals surface area contributed by atoms with Gasteiger partial charge in [-0.15, -0.1) is 0 Å². The molecule has 7 nitrogen and oxygen atoms in total. The van der Waals surface area contributed by atoms with E-state index in [4.69, 9.17) is 4.74 Å². The molecule has 0 radical (unpaired) electrons. The zero-order chi connectivity index (χ0) is 21.8. The molecule has 0 aliphatic carbocycles. The number of hydrogen-bond donors (Lipinski definition) is 1. The van der Waals surface area contributed by atoms with Crippen molar-refractivity contribution < 1.29 is 23.9 Å². The second kappa shape index (κ2) is 8.90. The van der Waals surface area contributed by atoms with Gasteiger partial charge in [0.25, 0.3) is 17.7 Å². The summed E-state index contributed by atoms with van der Waals surface area (Å²) in [5, 5.41) is 2.81. The summed E-state index contributed by atoms with van der Waals surface area (Å²) in [6.07, 6.45) is 1.50. The van der Waals surface area contributed by atoms with Crippen LogP contribution in [0.25, 0.3) is 0 Å². The number of carbonyl (C=O) groups excluding carboxylic acids is 4. The van der Waals surface area contributed by atoms with Crippen LogP contribution >= 0.6 is 0 Å². The maximum absolute atomic E-state index is 12.5. The molecule has 2 aromatic carbocycles. The summed E-state index contributed by atoms with van der Waals surface area (Å²) in [7, 11) is 0. The van der Waals surface area contributed by atoms with E-state index in [9.17, 15) is 19.2 Å². The van der Waals surface area contributed by atoms with Crippen LogP contribution in [0.3, 0.4) is 0 Å². The Labute approximate surface area is 175 Å². The number of anilines is 1. The molecule has 30 heavy (non-hydrogen) atoms. The number of esters is 1. The fraction of sp³-hybridized carbons (Fsp3) is 0.304. The fourth-order valence-electron chi connectivity index (χ4n) is 3.50. The first-order chi connectivity index (χ1) is 14.4. The molecular weight excluding hydrogens is 384 g/mol. The molecule has 1 aliphatic rings. The number of hydrogen-bond acceptors (Lipinski definition) is 5. The van der Waals surface area contributed by atoms with E-state index in [0.717, 1.165) is 34.6 Å². The normalized spacial score (nSPS) is 13.8. The predicted molar refractivity (Wildman–Crippen MR) is 111 cm³/mol. The lowest BCUT2D eigenvalue weighted by Crippen LogP contribution is -2.44. The molecular formula is C23H24N2O5. The number of nitrogens with zero attached hydrogens (tertiary/aromatic N) is 1. The van der Waals surface area contributed by atoms with Crippen LogP contribution in [0.2, 0.25) is 0 Å². The van der Waals surface area contributed by atoms with E-state index < -0.39 is 36.3 Å². The summed E-state index contributed by atoms with van der Waals surface area (Å²) in [5.74, 6) is -2.39. The highest BCUT2D eigenvalue weighted by molar-refractivity contribution is 6.22. The molecule has 1 atom stereocenters. The van der Waals surface area contributed by atoms with Crippen molar-refractivity contribution in [3.05, 3.63) is 64.7 Å². The number of rotatable bonds is 7. The Morgan fingerprint density at radius 1 is 0.933 bits per heavy atom. The van der Waals surface area contributed by atoms with E-state index in [-0.39, 0.29) is 11.1 Å². The lowest BCUT2D eigenvalue weighted by molar-refractivity contribution is -0.150. The number of amides is 3. The van der Waals surface area contributed by atoms with Gasteiger partial charge in [0.05, 0.1) is 11.1 Å². The van der Waals surface area contributed by atoms with Crippen molar-refractivity contribution in [2.24, 2.45) is 0 Å². The van der Waals surface area contributed by atoms with E-state index in [1.807, 2.05) is 32.0 Å². The largest absolute Gasteiger partial charge is 0.454 e. The van der Waals surface area contributed by atoms with Gasteiger partial charge in [0.2, 0.25) is 0 Å². The van der Waals surface area contributed by atoms with E-state index in [2.05, 4.69) is 5.32 Å². The van der Waals surface area contributed by atoms with Gasteiger partial charge in [-0.2, -0.15) is 0 Å². The number of benzene rings is 2. The molecule has 0 saturated heterocycles. The first-order valence-electron chi connectivity index (χ1n) is 9.93. The van der Waals surface area contributed by atoms with Crippen LogP contribution in [-0.4, -0.2) is 41.2 Å². The van der Waals surface area contributed by atoms with Crippen LogP contribution in [0.15, 0.2) is 42.5 Å². The highest BCUT2D eigenvalue weighted by Crippen LogP contribution is 2.25. The van der Waals surface area contributed by atoms with Crippen LogP contribution < -0.4 is 5.32 Å². The Morgan fingerprint density at radius 3 is 1.97 bits per heavy atom. The van der Waals surface area contributed by atoms with Gasteiger partial charge in [-0.05, 0) is 43.0 Å². The maximum atomic E-state index is 12.5. The van der Waals surface area contributed by atoms with Gasteiger partial charge in [-0.25, -0.2) is 4.79 Å². The monoisotopic (exact) mass is 408 g/mol. The van der Waals surface area contributed by atoms with Crippen molar-refractivity contribution in [3.8, 4) is 0 Å². The molecule has 1 N–H and O–H groups in total.